The van der Waals surface area contributed by atoms with Crippen LogP contribution in [0.2, 0.25) is 0 Å². The molecule has 0 spiro atoms. The Labute approximate surface area is 91.6 Å². The van der Waals surface area contributed by atoms with Gasteiger partial charge in [0.05, 0.1) is 6.54 Å². The summed E-state index contributed by atoms with van der Waals surface area (Å²) < 4.78 is 0. The van der Waals surface area contributed by atoms with E-state index >= 15 is 0 Å². The number of nitrogens with one attached hydrogen (secondary N) is 1. The molecular weight excluding hydrogens is 190 g/mol. The predicted octanol–water partition coefficient (Wildman–Crippen LogP) is -0.0991. The Morgan fingerprint density at radius 3 is 2.93 bits per heavy atom. The van der Waals surface area contributed by atoms with Gasteiger partial charge in [0.1, 0.15) is 0 Å². The van der Waals surface area contributed by atoms with Crippen LogP contribution in [0, 0.1) is 0 Å². The Balaban J connectivity index is 1.98. The van der Waals surface area contributed by atoms with E-state index < -0.39 is 0 Å². The van der Waals surface area contributed by atoms with E-state index in [1.807, 2.05) is 4.90 Å². The van der Waals surface area contributed by atoms with Gasteiger partial charge in [0.15, 0.2) is 0 Å². The summed E-state index contributed by atoms with van der Waals surface area (Å²) in [6.07, 6.45) is 1.18. The number of carbonyl (C=O) groups excluding carboxylic acids is 1. The van der Waals surface area contributed by atoms with Crippen molar-refractivity contribution in [1.29, 1.82) is 0 Å². The third-order valence-corrected chi connectivity index (χ3v) is 3.61. The highest BCUT2D eigenvalue weighted by Gasteiger charge is 2.33. The van der Waals surface area contributed by atoms with E-state index in [0.29, 0.717) is 24.5 Å². The maximum absolute atomic E-state index is 11.8. The van der Waals surface area contributed by atoms with Gasteiger partial charge >= 0.3 is 0 Å². The maximum atomic E-state index is 11.8. The third kappa shape index (κ3) is 2.16. The minimum atomic E-state index is 0.294. The summed E-state index contributed by atoms with van der Waals surface area (Å²) >= 11 is 0. The number of nitrogens with zero attached hydrogens (tertiary/aromatic N) is 2. The lowest BCUT2D eigenvalue weighted by molar-refractivity contribution is -0.139. The summed E-state index contributed by atoms with van der Waals surface area (Å²) in [5.74, 6) is 0.294. The molecule has 0 bridgehead atoms. The Kier molecular flexibility index (Phi) is 3.26. The third-order valence-electron chi connectivity index (χ3n) is 3.61. The first-order chi connectivity index (χ1) is 7.22. The van der Waals surface area contributed by atoms with Crippen molar-refractivity contribution in [3.05, 3.63) is 0 Å². The lowest BCUT2D eigenvalue weighted by Gasteiger charge is -2.41. The fraction of sp³-hybridized carbons (Fsp3) is 0.909. The van der Waals surface area contributed by atoms with Crippen LogP contribution in [-0.2, 0) is 4.79 Å². The van der Waals surface area contributed by atoms with E-state index in [-0.39, 0.29) is 0 Å². The van der Waals surface area contributed by atoms with Crippen molar-refractivity contribution in [3.8, 4) is 0 Å². The summed E-state index contributed by atoms with van der Waals surface area (Å²) in [5.41, 5.74) is 0. The Morgan fingerprint density at radius 2 is 2.33 bits per heavy atom. The molecule has 0 aromatic heterocycles. The second-order valence-electron chi connectivity index (χ2n) is 4.60. The van der Waals surface area contributed by atoms with Crippen LogP contribution in [0.15, 0.2) is 0 Å². The molecule has 2 heterocycles. The van der Waals surface area contributed by atoms with Gasteiger partial charge < -0.3 is 10.2 Å². The first-order valence-electron chi connectivity index (χ1n) is 5.96. The first-order valence-corrected chi connectivity index (χ1v) is 5.96. The molecular formula is C11H21N3O. The summed E-state index contributed by atoms with van der Waals surface area (Å²) in [6, 6.07) is 1.08. The van der Waals surface area contributed by atoms with Crippen molar-refractivity contribution in [1.82, 2.24) is 15.1 Å². The lowest BCUT2D eigenvalue weighted by atomic mass is 10.1. The van der Waals surface area contributed by atoms with Crippen LogP contribution in [0.5, 0.6) is 0 Å². The Morgan fingerprint density at radius 1 is 1.53 bits per heavy atom. The Hall–Kier alpha value is -0.610. The minimum Gasteiger partial charge on any atom is -0.340 e. The van der Waals surface area contributed by atoms with Gasteiger partial charge in [0.25, 0.3) is 0 Å². The number of amides is 1. The summed E-state index contributed by atoms with van der Waals surface area (Å²) in [4.78, 5) is 16.1. The highest BCUT2D eigenvalue weighted by Crippen LogP contribution is 2.17. The van der Waals surface area contributed by atoms with Crippen LogP contribution in [0.1, 0.15) is 20.3 Å². The van der Waals surface area contributed by atoms with Gasteiger partial charge in [-0.3, -0.25) is 9.69 Å². The predicted molar refractivity (Wildman–Crippen MR) is 59.7 cm³/mol. The van der Waals surface area contributed by atoms with Crippen molar-refractivity contribution in [2.75, 3.05) is 32.7 Å². The molecule has 0 aromatic rings. The van der Waals surface area contributed by atoms with Crippen LogP contribution in [0.3, 0.4) is 0 Å². The van der Waals surface area contributed by atoms with Crippen LogP contribution in [-0.4, -0.2) is 60.5 Å². The molecule has 2 aliphatic heterocycles. The van der Waals surface area contributed by atoms with E-state index in [2.05, 4.69) is 24.1 Å². The van der Waals surface area contributed by atoms with Gasteiger partial charge in [-0.05, 0) is 26.8 Å². The number of piperazine rings is 1. The van der Waals surface area contributed by atoms with Crippen LogP contribution >= 0.6 is 0 Å². The van der Waals surface area contributed by atoms with Gasteiger partial charge in [-0.1, -0.05) is 0 Å². The lowest BCUT2D eigenvalue weighted by Crippen LogP contribution is -2.58. The molecule has 2 aliphatic rings. The number of carbonyl (C=O) groups is 1. The Bertz CT molecular complexity index is 238. The van der Waals surface area contributed by atoms with E-state index in [1.165, 1.54) is 6.42 Å². The highest BCUT2D eigenvalue weighted by atomic mass is 16.2. The molecule has 2 saturated heterocycles. The molecule has 4 nitrogen and oxygen atoms in total. The highest BCUT2D eigenvalue weighted by molar-refractivity contribution is 5.79. The zero-order chi connectivity index (χ0) is 10.8. The maximum Gasteiger partial charge on any atom is 0.236 e. The molecule has 4 heteroatoms. The zero-order valence-corrected chi connectivity index (χ0v) is 9.70. The van der Waals surface area contributed by atoms with E-state index in [0.717, 1.165) is 26.2 Å². The SMILES string of the molecule is CCN1CC(C)N(C2CCNC2)CC1=O. The van der Waals surface area contributed by atoms with Gasteiger partial charge in [-0.15, -0.1) is 0 Å². The molecule has 0 aromatic carbocycles. The molecule has 1 N–H and O–H groups in total. The molecule has 2 unspecified atom stereocenters. The molecule has 0 aliphatic carbocycles. The first kappa shape index (κ1) is 10.9. The van der Waals surface area contributed by atoms with Gasteiger partial charge in [-0.25, -0.2) is 0 Å². The molecule has 15 heavy (non-hydrogen) atoms. The molecule has 86 valence electrons. The average Bonchev–Trinajstić information content (AvgIpc) is 2.74. The van der Waals surface area contributed by atoms with Gasteiger partial charge in [0.2, 0.25) is 5.91 Å². The van der Waals surface area contributed by atoms with Crippen molar-refractivity contribution in [2.24, 2.45) is 0 Å². The smallest absolute Gasteiger partial charge is 0.236 e. The molecule has 2 atom stereocenters. The van der Waals surface area contributed by atoms with Crippen LogP contribution < -0.4 is 5.32 Å². The molecule has 2 fully saturated rings. The molecule has 0 saturated carbocycles. The summed E-state index contributed by atoms with van der Waals surface area (Å²) in [7, 11) is 0. The zero-order valence-electron chi connectivity index (χ0n) is 9.70. The molecule has 0 radical (unpaired) electrons. The van der Waals surface area contributed by atoms with Crippen LogP contribution in [0.4, 0.5) is 0 Å². The van der Waals surface area contributed by atoms with E-state index in [4.69, 9.17) is 0 Å². The fourth-order valence-corrected chi connectivity index (χ4v) is 2.65. The number of likely N-dealkylation sites (N-methyl/N-ethyl adjacent to an activating group) is 1. The van der Waals surface area contributed by atoms with Crippen LogP contribution in [0.25, 0.3) is 0 Å². The quantitative estimate of drug-likeness (QED) is 0.693. The van der Waals surface area contributed by atoms with Crippen molar-refractivity contribution in [2.45, 2.75) is 32.4 Å². The second-order valence-corrected chi connectivity index (χ2v) is 4.60. The summed E-state index contributed by atoms with van der Waals surface area (Å²) in [5, 5.41) is 3.36. The van der Waals surface area contributed by atoms with Crippen molar-refractivity contribution >= 4 is 5.91 Å². The number of rotatable bonds is 2. The van der Waals surface area contributed by atoms with Crippen molar-refractivity contribution in [3.63, 3.8) is 0 Å². The van der Waals surface area contributed by atoms with Crippen molar-refractivity contribution < 1.29 is 4.79 Å². The van der Waals surface area contributed by atoms with Gasteiger partial charge in [0, 0.05) is 31.7 Å². The number of hydrogen-bond acceptors (Lipinski definition) is 3. The van der Waals surface area contributed by atoms with E-state index in [9.17, 15) is 4.79 Å². The fourth-order valence-electron chi connectivity index (χ4n) is 2.65. The molecule has 1 amide bonds. The minimum absolute atomic E-state index is 0.294. The van der Waals surface area contributed by atoms with E-state index in [1.54, 1.807) is 0 Å². The average molecular weight is 211 g/mol. The molecule has 2 rings (SSSR count). The summed E-state index contributed by atoms with van der Waals surface area (Å²) in [6.45, 7) is 8.78. The normalized spacial score (nSPS) is 33.7. The number of hydrogen-bond donors (Lipinski definition) is 1. The largest absolute Gasteiger partial charge is 0.340 e. The van der Waals surface area contributed by atoms with Gasteiger partial charge in [-0.2, -0.15) is 0 Å². The second kappa shape index (κ2) is 4.49. The monoisotopic (exact) mass is 211 g/mol. The topological polar surface area (TPSA) is 35.6 Å². The standard InChI is InChI=1S/C11H21N3O/c1-3-13-7-9(2)14(8-11(13)15)10-4-5-12-6-10/h9-10,12H,3-8H2,1-2H3.